The molecule has 2 fully saturated rings. The van der Waals surface area contributed by atoms with Crippen molar-refractivity contribution < 1.29 is 9.32 Å². The van der Waals surface area contributed by atoms with E-state index in [9.17, 15) is 4.79 Å². The molecule has 4 heteroatoms. The first-order chi connectivity index (χ1) is 13.3. The van der Waals surface area contributed by atoms with Crippen LogP contribution in [0.5, 0.6) is 0 Å². The Morgan fingerprint density at radius 1 is 0.926 bits per heavy atom. The van der Waals surface area contributed by atoms with E-state index in [1.807, 2.05) is 36.4 Å². The van der Waals surface area contributed by atoms with E-state index >= 15 is 0 Å². The molecule has 1 aromatic carbocycles. The van der Waals surface area contributed by atoms with Gasteiger partial charge in [0, 0.05) is 17.5 Å². The van der Waals surface area contributed by atoms with Crippen LogP contribution in [0.3, 0.4) is 0 Å². The molecule has 0 bridgehead atoms. The van der Waals surface area contributed by atoms with Gasteiger partial charge >= 0.3 is 0 Å². The Kier molecular flexibility index (Phi) is 5.90. The molecule has 4 rings (SSSR count). The Bertz CT molecular complexity index is 710. The van der Waals surface area contributed by atoms with Crippen LogP contribution in [-0.2, 0) is 4.79 Å². The molecule has 1 amide bonds. The van der Waals surface area contributed by atoms with Crippen LogP contribution in [0.25, 0.3) is 11.3 Å². The van der Waals surface area contributed by atoms with Crippen molar-refractivity contribution in [2.45, 2.75) is 64.2 Å². The number of hydrogen-bond acceptors (Lipinski definition) is 3. The molecule has 0 aliphatic heterocycles. The summed E-state index contributed by atoms with van der Waals surface area (Å²) < 4.78 is 5.43. The smallest absolute Gasteiger partial charge is 0.231 e. The van der Waals surface area contributed by atoms with Gasteiger partial charge in [-0.1, -0.05) is 74.0 Å². The second-order valence-electron chi connectivity index (χ2n) is 8.25. The number of rotatable bonds is 5. The lowest BCUT2D eigenvalue weighted by molar-refractivity contribution is -0.124. The van der Waals surface area contributed by atoms with E-state index in [1.165, 1.54) is 64.2 Å². The normalized spacial score (nSPS) is 19.3. The molecule has 0 radical (unpaired) electrons. The second kappa shape index (κ2) is 8.73. The first kappa shape index (κ1) is 18.3. The van der Waals surface area contributed by atoms with Crippen molar-refractivity contribution in [1.82, 2.24) is 5.16 Å². The highest BCUT2D eigenvalue weighted by Gasteiger charge is 2.36. The maximum absolute atomic E-state index is 13.3. The van der Waals surface area contributed by atoms with Gasteiger partial charge in [-0.2, -0.15) is 0 Å². The monoisotopic (exact) mass is 366 g/mol. The van der Waals surface area contributed by atoms with Crippen molar-refractivity contribution in [3.8, 4) is 11.3 Å². The molecule has 27 heavy (non-hydrogen) atoms. The number of carbonyl (C=O) groups is 1. The minimum Gasteiger partial charge on any atom is -0.338 e. The Hall–Kier alpha value is -2.10. The topological polar surface area (TPSA) is 55.1 Å². The van der Waals surface area contributed by atoms with Gasteiger partial charge < -0.3 is 4.52 Å². The highest BCUT2D eigenvalue weighted by molar-refractivity contribution is 5.92. The van der Waals surface area contributed by atoms with Crippen molar-refractivity contribution in [2.24, 2.45) is 17.8 Å². The van der Waals surface area contributed by atoms with Crippen molar-refractivity contribution in [1.29, 1.82) is 0 Å². The van der Waals surface area contributed by atoms with Gasteiger partial charge in [-0.05, 0) is 37.5 Å². The van der Waals surface area contributed by atoms with Crippen molar-refractivity contribution in [3.05, 3.63) is 36.4 Å². The van der Waals surface area contributed by atoms with Crippen LogP contribution in [0.4, 0.5) is 5.88 Å². The lowest BCUT2D eigenvalue weighted by atomic mass is 9.69. The third-order valence-electron chi connectivity index (χ3n) is 6.44. The molecule has 2 aromatic rings. The van der Waals surface area contributed by atoms with Gasteiger partial charge in [-0.15, -0.1) is 0 Å². The number of benzene rings is 1. The SMILES string of the molecule is O=C(Nc1cc(-c2ccccc2)no1)C(C1CCCCC1)C1CCCCC1. The first-order valence-electron chi connectivity index (χ1n) is 10.6. The van der Waals surface area contributed by atoms with E-state index in [0.29, 0.717) is 17.7 Å². The zero-order valence-corrected chi connectivity index (χ0v) is 16.0. The Morgan fingerprint density at radius 2 is 1.52 bits per heavy atom. The lowest BCUT2D eigenvalue weighted by Crippen LogP contribution is -2.37. The van der Waals surface area contributed by atoms with Gasteiger partial charge in [-0.3, -0.25) is 10.1 Å². The maximum atomic E-state index is 13.3. The average molecular weight is 367 g/mol. The Labute approximate surface area is 161 Å². The standard InChI is InChI=1S/C23H30N2O2/c26-23(24-21-16-20(25-27-21)17-10-4-1-5-11-17)22(18-12-6-2-7-13-18)19-14-8-3-9-15-19/h1,4-5,10-11,16,18-19,22H,2-3,6-9,12-15H2,(H,24,26). The number of hydrogen-bond donors (Lipinski definition) is 1. The molecule has 0 atom stereocenters. The molecule has 1 heterocycles. The minimum atomic E-state index is 0.121. The molecule has 144 valence electrons. The van der Waals surface area contributed by atoms with Gasteiger partial charge in [0.05, 0.1) is 0 Å². The molecular formula is C23H30N2O2. The second-order valence-corrected chi connectivity index (χ2v) is 8.25. The molecule has 4 nitrogen and oxygen atoms in total. The van der Waals surface area contributed by atoms with Crippen LogP contribution >= 0.6 is 0 Å². The van der Waals surface area contributed by atoms with Crippen molar-refractivity contribution in [3.63, 3.8) is 0 Å². The summed E-state index contributed by atoms with van der Waals surface area (Å²) in [5, 5.41) is 7.19. The van der Waals surface area contributed by atoms with Crippen LogP contribution in [0, 0.1) is 17.8 Å². The Balaban J connectivity index is 1.48. The predicted octanol–water partition coefficient (Wildman–Crippen LogP) is 6.06. The van der Waals surface area contributed by atoms with E-state index in [-0.39, 0.29) is 11.8 Å². The summed E-state index contributed by atoms with van der Waals surface area (Å²) in [5.74, 6) is 1.78. The van der Waals surface area contributed by atoms with Gasteiger partial charge in [0.25, 0.3) is 0 Å². The van der Waals surface area contributed by atoms with Gasteiger partial charge in [0.2, 0.25) is 11.8 Å². The fourth-order valence-corrected chi connectivity index (χ4v) is 5.08. The number of nitrogens with zero attached hydrogens (tertiary/aromatic N) is 1. The zero-order chi connectivity index (χ0) is 18.5. The summed E-state index contributed by atoms with van der Waals surface area (Å²) >= 11 is 0. The average Bonchev–Trinajstić information content (AvgIpc) is 3.19. The summed E-state index contributed by atoms with van der Waals surface area (Å²) in [6.07, 6.45) is 12.5. The molecule has 0 saturated heterocycles. The quantitative estimate of drug-likeness (QED) is 0.700. The van der Waals surface area contributed by atoms with Crippen molar-refractivity contribution >= 4 is 11.8 Å². The van der Waals surface area contributed by atoms with Crippen LogP contribution in [0.1, 0.15) is 64.2 Å². The molecule has 0 unspecified atom stereocenters. The molecular weight excluding hydrogens is 336 g/mol. The third kappa shape index (κ3) is 4.42. The van der Waals surface area contributed by atoms with E-state index in [4.69, 9.17) is 4.52 Å². The molecule has 2 aliphatic rings. The van der Waals surface area contributed by atoms with Gasteiger partial charge in [0.15, 0.2) is 0 Å². The summed E-state index contributed by atoms with van der Waals surface area (Å²) in [6, 6.07) is 11.8. The number of anilines is 1. The van der Waals surface area contributed by atoms with Crippen LogP contribution in [-0.4, -0.2) is 11.1 Å². The van der Waals surface area contributed by atoms with E-state index < -0.39 is 0 Å². The van der Waals surface area contributed by atoms with E-state index in [1.54, 1.807) is 0 Å². The number of aromatic nitrogens is 1. The van der Waals surface area contributed by atoms with Gasteiger partial charge in [0.1, 0.15) is 5.69 Å². The van der Waals surface area contributed by atoms with E-state index in [2.05, 4.69) is 10.5 Å². The summed E-state index contributed by atoms with van der Waals surface area (Å²) in [6.45, 7) is 0. The Morgan fingerprint density at radius 3 is 2.11 bits per heavy atom. The molecule has 1 aromatic heterocycles. The third-order valence-corrected chi connectivity index (χ3v) is 6.44. The van der Waals surface area contributed by atoms with Gasteiger partial charge in [-0.25, -0.2) is 0 Å². The summed E-state index contributed by atoms with van der Waals surface area (Å²) in [4.78, 5) is 13.3. The highest BCUT2D eigenvalue weighted by Crippen LogP contribution is 2.40. The molecule has 2 saturated carbocycles. The highest BCUT2D eigenvalue weighted by atomic mass is 16.5. The largest absolute Gasteiger partial charge is 0.338 e. The fourth-order valence-electron chi connectivity index (χ4n) is 5.08. The maximum Gasteiger partial charge on any atom is 0.231 e. The molecule has 1 N–H and O–H groups in total. The predicted molar refractivity (Wildman–Crippen MR) is 107 cm³/mol. The first-order valence-corrected chi connectivity index (χ1v) is 10.6. The number of nitrogens with one attached hydrogen (secondary N) is 1. The number of carbonyl (C=O) groups excluding carboxylic acids is 1. The fraction of sp³-hybridized carbons (Fsp3) is 0.565. The molecule has 2 aliphatic carbocycles. The van der Waals surface area contributed by atoms with Crippen LogP contribution in [0.15, 0.2) is 40.9 Å². The molecule has 0 spiro atoms. The minimum absolute atomic E-state index is 0.121. The zero-order valence-electron chi connectivity index (χ0n) is 16.0. The van der Waals surface area contributed by atoms with Crippen molar-refractivity contribution in [2.75, 3.05) is 5.32 Å². The summed E-state index contributed by atoms with van der Waals surface area (Å²) in [7, 11) is 0. The van der Waals surface area contributed by atoms with E-state index in [0.717, 1.165) is 11.3 Å². The summed E-state index contributed by atoms with van der Waals surface area (Å²) in [5.41, 5.74) is 1.76. The van der Waals surface area contributed by atoms with Crippen LogP contribution in [0.2, 0.25) is 0 Å². The van der Waals surface area contributed by atoms with Crippen LogP contribution < -0.4 is 5.32 Å². The number of amides is 1. The lowest BCUT2D eigenvalue weighted by Gasteiger charge is -2.36.